The fourth-order valence-corrected chi connectivity index (χ4v) is 2.35. The van der Waals surface area contributed by atoms with E-state index in [1.165, 1.54) is 0 Å². The minimum Gasteiger partial charge on any atom is -0.507 e. The Labute approximate surface area is 133 Å². The Morgan fingerprint density at radius 3 is 2.64 bits per heavy atom. The number of esters is 1. The molecular weight excluding hydrogens is 280 g/mol. The molecule has 1 rings (SSSR count). The van der Waals surface area contributed by atoms with Crippen molar-refractivity contribution in [3.8, 4) is 5.75 Å². The summed E-state index contributed by atoms with van der Waals surface area (Å²) in [5.74, 6) is 0.636. The van der Waals surface area contributed by atoms with E-state index in [-0.39, 0.29) is 5.97 Å². The Morgan fingerprint density at radius 1 is 1.27 bits per heavy atom. The van der Waals surface area contributed by atoms with Crippen LogP contribution in [0, 0.1) is 12.8 Å². The average molecular weight is 308 g/mol. The number of aromatic hydroxyl groups is 1. The Morgan fingerprint density at radius 2 is 2.00 bits per heavy atom. The zero-order chi connectivity index (χ0) is 16.5. The van der Waals surface area contributed by atoms with Crippen molar-refractivity contribution in [1.29, 1.82) is 0 Å². The van der Waals surface area contributed by atoms with E-state index in [2.05, 4.69) is 13.8 Å². The molecule has 1 aromatic carbocycles. The molecular formula is C18H28O4. The van der Waals surface area contributed by atoms with E-state index in [9.17, 15) is 9.90 Å². The number of carbonyl (C=O) groups is 1. The van der Waals surface area contributed by atoms with Crippen molar-refractivity contribution in [3.05, 3.63) is 28.8 Å². The maximum Gasteiger partial charge on any atom is 0.306 e. The molecule has 0 radical (unpaired) electrons. The normalized spacial score (nSPS) is 11.0. The van der Waals surface area contributed by atoms with Gasteiger partial charge in [-0.2, -0.15) is 0 Å². The summed E-state index contributed by atoms with van der Waals surface area (Å²) in [5, 5.41) is 10.1. The molecule has 0 bridgehead atoms. The number of hydrogen-bond donors (Lipinski definition) is 1. The van der Waals surface area contributed by atoms with E-state index in [1.54, 1.807) is 0 Å². The van der Waals surface area contributed by atoms with Crippen LogP contribution in [0.25, 0.3) is 0 Å². The van der Waals surface area contributed by atoms with Gasteiger partial charge in [-0.15, -0.1) is 0 Å². The number of phenols is 1. The molecule has 0 aliphatic heterocycles. The van der Waals surface area contributed by atoms with Gasteiger partial charge in [-0.05, 0) is 49.3 Å². The van der Waals surface area contributed by atoms with E-state index in [4.69, 9.17) is 9.47 Å². The lowest BCUT2D eigenvalue weighted by molar-refractivity contribution is -0.145. The third-order valence-corrected chi connectivity index (χ3v) is 3.38. The van der Waals surface area contributed by atoms with E-state index in [1.807, 2.05) is 26.0 Å². The lowest BCUT2D eigenvalue weighted by Gasteiger charge is -2.12. The first-order valence-corrected chi connectivity index (χ1v) is 7.98. The highest BCUT2D eigenvalue weighted by molar-refractivity contribution is 5.69. The van der Waals surface area contributed by atoms with Gasteiger partial charge in [0.1, 0.15) is 12.4 Å². The lowest BCUT2D eigenvalue weighted by Crippen LogP contribution is -2.11. The summed E-state index contributed by atoms with van der Waals surface area (Å²) in [4.78, 5) is 11.7. The monoisotopic (exact) mass is 308 g/mol. The van der Waals surface area contributed by atoms with Gasteiger partial charge in [0, 0.05) is 13.0 Å². The number of rotatable bonds is 9. The van der Waals surface area contributed by atoms with Crippen molar-refractivity contribution in [1.82, 2.24) is 0 Å². The topological polar surface area (TPSA) is 55.8 Å². The maximum absolute atomic E-state index is 11.7. The van der Waals surface area contributed by atoms with Gasteiger partial charge in [-0.1, -0.05) is 26.0 Å². The van der Waals surface area contributed by atoms with Crippen LogP contribution in [0.4, 0.5) is 0 Å². The lowest BCUT2D eigenvalue weighted by atomic mass is 9.96. The Kier molecular flexibility index (Phi) is 7.96. The smallest absolute Gasteiger partial charge is 0.306 e. The second kappa shape index (κ2) is 9.46. The van der Waals surface area contributed by atoms with Crippen LogP contribution in [0.5, 0.6) is 5.75 Å². The van der Waals surface area contributed by atoms with Gasteiger partial charge in [-0.3, -0.25) is 4.79 Å². The largest absolute Gasteiger partial charge is 0.507 e. The Hall–Kier alpha value is -1.55. The molecule has 4 nitrogen and oxygen atoms in total. The highest BCUT2D eigenvalue weighted by Gasteiger charge is 2.10. The zero-order valence-electron chi connectivity index (χ0n) is 14.1. The first-order valence-electron chi connectivity index (χ1n) is 7.98. The minimum atomic E-state index is -0.212. The number of ether oxygens (including phenoxy) is 2. The highest BCUT2D eigenvalue weighted by Crippen LogP contribution is 2.26. The third kappa shape index (κ3) is 6.48. The standard InChI is InChI=1S/C18H28O4/c1-5-21-8-9-22-17(19)7-6-15-11-14(4)18(20)16(12-15)10-13(2)3/h11-13,20H,5-10H2,1-4H3. The molecule has 1 N–H and O–H groups in total. The number of benzene rings is 1. The predicted octanol–water partition coefficient (Wildman–Crippen LogP) is 3.41. The Bertz CT molecular complexity index is 480. The summed E-state index contributed by atoms with van der Waals surface area (Å²) in [5.41, 5.74) is 2.88. The van der Waals surface area contributed by atoms with Crippen LogP contribution in [0.2, 0.25) is 0 Å². The first-order chi connectivity index (χ1) is 10.4. The molecule has 0 atom stereocenters. The molecule has 0 aliphatic rings. The van der Waals surface area contributed by atoms with Crippen LogP contribution < -0.4 is 0 Å². The van der Waals surface area contributed by atoms with Crippen LogP contribution in [0.1, 0.15) is 43.9 Å². The van der Waals surface area contributed by atoms with Crippen molar-refractivity contribution in [2.24, 2.45) is 5.92 Å². The van der Waals surface area contributed by atoms with Gasteiger partial charge in [0.05, 0.1) is 6.61 Å². The van der Waals surface area contributed by atoms with Crippen LogP contribution in [-0.4, -0.2) is 30.9 Å². The summed E-state index contributed by atoms with van der Waals surface area (Å²) in [6.45, 7) is 9.42. The van der Waals surface area contributed by atoms with Gasteiger partial charge in [-0.25, -0.2) is 0 Å². The van der Waals surface area contributed by atoms with Crippen LogP contribution >= 0.6 is 0 Å². The zero-order valence-corrected chi connectivity index (χ0v) is 14.1. The molecule has 0 amide bonds. The van der Waals surface area contributed by atoms with Crippen molar-refractivity contribution >= 4 is 5.97 Å². The molecule has 124 valence electrons. The summed E-state index contributed by atoms with van der Waals surface area (Å²) in [7, 11) is 0. The van der Waals surface area contributed by atoms with Gasteiger partial charge in [0.15, 0.2) is 0 Å². The SMILES string of the molecule is CCOCCOC(=O)CCc1cc(C)c(O)c(CC(C)C)c1. The predicted molar refractivity (Wildman–Crippen MR) is 87.2 cm³/mol. The second-order valence-electron chi connectivity index (χ2n) is 5.94. The summed E-state index contributed by atoms with van der Waals surface area (Å²) in [6.07, 6.45) is 1.80. The van der Waals surface area contributed by atoms with E-state index >= 15 is 0 Å². The van der Waals surface area contributed by atoms with Crippen LogP contribution in [0.15, 0.2) is 12.1 Å². The van der Waals surface area contributed by atoms with Crippen molar-refractivity contribution in [2.75, 3.05) is 19.8 Å². The van der Waals surface area contributed by atoms with Crippen molar-refractivity contribution in [3.63, 3.8) is 0 Å². The molecule has 0 aliphatic carbocycles. The molecule has 0 fully saturated rings. The van der Waals surface area contributed by atoms with E-state index in [0.717, 1.165) is 23.1 Å². The average Bonchev–Trinajstić information content (AvgIpc) is 2.46. The van der Waals surface area contributed by atoms with Gasteiger partial charge >= 0.3 is 5.97 Å². The van der Waals surface area contributed by atoms with Gasteiger partial charge in [0.2, 0.25) is 0 Å². The van der Waals surface area contributed by atoms with E-state index in [0.29, 0.717) is 44.3 Å². The molecule has 1 aromatic rings. The minimum absolute atomic E-state index is 0.212. The quantitative estimate of drug-likeness (QED) is 0.561. The first kappa shape index (κ1) is 18.5. The Balaban J connectivity index is 2.55. The molecule has 0 aromatic heterocycles. The summed E-state index contributed by atoms with van der Waals surface area (Å²) < 4.78 is 10.2. The second-order valence-corrected chi connectivity index (χ2v) is 5.94. The molecule has 22 heavy (non-hydrogen) atoms. The molecule has 0 heterocycles. The van der Waals surface area contributed by atoms with Crippen molar-refractivity contribution in [2.45, 2.75) is 47.0 Å². The van der Waals surface area contributed by atoms with Gasteiger partial charge in [0.25, 0.3) is 0 Å². The molecule has 0 spiro atoms. The number of phenolic OH excluding ortho intramolecular Hbond substituents is 1. The summed E-state index contributed by atoms with van der Waals surface area (Å²) in [6, 6.07) is 3.93. The molecule has 4 heteroatoms. The highest BCUT2D eigenvalue weighted by atomic mass is 16.6. The number of hydrogen-bond acceptors (Lipinski definition) is 4. The fraction of sp³-hybridized carbons (Fsp3) is 0.611. The van der Waals surface area contributed by atoms with Crippen molar-refractivity contribution < 1.29 is 19.4 Å². The van der Waals surface area contributed by atoms with E-state index < -0.39 is 0 Å². The number of carbonyl (C=O) groups excluding carboxylic acids is 1. The molecule has 0 unspecified atom stereocenters. The fourth-order valence-electron chi connectivity index (χ4n) is 2.35. The number of aryl methyl sites for hydroxylation is 2. The summed E-state index contributed by atoms with van der Waals surface area (Å²) >= 11 is 0. The van der Waals surface area contributed by atoms with Crippen LogP contribution in [0.3, 0.4) is 0 Å². The molecule has 0 saturated heterocycles. The van der Waals surface area contributed by atoms with Gasteiger partial charge < -0.3 is 14.6 Å². The van der Waals surface area contributed by atoms with Crippen LogP contribution in [-0.2, 0) is 27.1 Å². The maximum atomic E-state index is 11.7. The third-order valence-electron chi connectivity index (χ3n) is 3.38. The molecule has 0 saturated carbocycles.